The summed E-state index contributed by atoms with van der Waals surface area (Å²) in [5.74, 6) is 2.08. The van der Waals surface area contributed by atoms with E-state index in [4.69, 9.17) is 16.3 Å². The smallest absolute Gasteiger partial charge is 0.229 e. The van der Waals surface area contributed by atoms with Crippen LogP contribution < -0.4 is 15.4 Å². The molecule has 1 unspecified atom stereocenters. The Morgan fingerprint density at radius 2 is 1.76 bits per heavy atom. The SMILES string of the molecule is CCN(CC)C1CCC(c2cc(OC3CC3)c(Nc3ncc(Cl)c(NC4=CN(C)N(C)C4S(=O)(=O)CC(C)C)n3)cc2C)CC1. The van der Waals surface area contributed by atoms with Crippen molar-refractivity contribution in [1.82, 2.24) is 24.9 Å². The van der Waals surface area contributed by atoms with Gasteiger partial charge in [-0.25, -0.2) is 18.4 Å². The number of aryl methyl sites for hydroxylation is 1. The molecule has 0 saturated heterocycles. The van der Waals surface area contributed by atoms with Crippen molar-refractivity contribution in [3.8, 4) is 5.75 Å². The number of halogens is 1. The van der Waals surface area contributed by atoms with E-state index >= 15 is 0 Å². The van der Waals surface area contributed by atoms with E-state index in [1.807, 2.05) is 20.9 Å². The molecule has 1 aromatic heterocycles. The van der Waals surface area contributed by atoms with Crippen LogP contribution in [0.1, 0.15) is 83.3 Å². The molecule has 1 atom stereocenters. The van der Waals surface area contributed by atoms with Gasteiger partial charge < -0.3 is 25.3 Å². The van der Waals surface area contributed by atoms with Crippen molar-refractivity contribution < 1.29 is 13.2 Å². The van der Waals surface area contributed by atoms with E-state index in [0.29, 0.717) is 34.4 Å². The zero-order valence-electron chi connectivity index (χ0n) is 27.8. The van der Waals surface area contributed by atoms with Crippen LogP contribution >= 0.6 is 11.6 Å². The first-order chi connectivity index (χ1) is 21.4. The highest BCUT2D eigenvalue weighted by atomic mass is 35.5. The number of aromatic nitrogens is 2. The third-order valence-corrected chi connectivity index (χ3v) is 11.9. The monoisotopic (exact) mass is 659 g/mol. The summed E-state index contributed by atoms with van der Waals surface area (Å²) in [7, 11) is 0.0774. The molecule has 2 aromatic rings. The number of benzene rings is 1. The van der Waals surface area contributed by atoms with Gasteiger partial charge in [0.25, 0.3) is 0 Å². The van der Waals surface area contributed by atoms with E-state index in [1.54, 1.807) is 23.3 Å². The van der Waals surface area contributed by atoms with Gasteiger partial charge in [-0.15, -0.1) is 0 Å². The second kappa shape index (κ2) is 14.0. The predicted octanol–water partition coefficient (Wildman–Crippen LogP) is 6.53. The largest absolute Gasteiger partial charge is 0.488 e. The van der Waals surface area contributed by atoms with Gasteiger partial charge in [-0.3, -0.25) is 0 Å². The molecule has 1 aliphatic heterocycles. The number of ether oxygens (including phenoxy) is 1. The minimum Gasteiger partial charge on any atom is -0.488 e. The number of rotatable bonds is 13. The highest BCUT2D eigenvalue weighted by molar-refractivity contribution is 7.92. The Hall–Kier alpha value is -2.60. The van der Waals surface area contributed by atoms with E-state index in [2.05, 4.69) is 58.4 Å². The van der Waals surface area contributed by atoms with Crippen LogP contribution in [0, 0.1) is 12.8 Å². The van der Waals surface area contributed by atoms with Crippen LogP contribution in [0.5, 0.6) is 5.75 Å². The Bertz CT molecular complexity index is 1490. The molecule has 2 heterocycles. The van der Waals surface area contributed by atoms with Gasteiger partial charge in [0, 0.05) is 26.3 Å². The van der Waals surface area contributed by atoms with Crippen LogP contribution in [-0.4, -0.2) is 83.8 Å². The van der Waals surface area contributed by atoms with Crippen molar-refractivity contribution >= 4 is 38.9 Å². The third kappa shape index (κ3) is 7.86. The maximum atomic E-state index is 13.3. The summed E-state index contributed by atoms with van der Waals surface area (Å²) in [6.45, 7) is 12.7. The molecule has 0 spiro atoms. The number of likely N-dealkylation sites (N-methyl/N-ethyl adjacent to an activating group) is 1. The Labute approximate surface area is 274 Å². The topological polar surface area (TPSA) is 103 Å². The Morgan fingerprint density at radius 1 is 1.07 bits per heavy atom. The highest BCUT2D eigenvalue weighted by Crippen LogP contribution is 2.42. The Balaban J connectivity index is 1.37. The standard InChI is InChI=1S/C33H50ClN7O3S/c1-8-41(9-2)24-12-10-23(11-13-24)26-17-30(44-25-14-15-25)28(16-22(26)5)37-33-35-18-27(34)31(38-33)36-29-19-39(6)40(7)32(29)45(42,43)20-21(3)4/h16-19,21,23-25,32H,8-15,20H2,1-7H3,(H2,35,36,37,38). The van der Waals surface area contributed by atoms with Crippen molar-refractivity contribution in [1.29, 1.82) is 0 Å². The normalized spacial score (nSPS) is 22.7. The molecule has 12 heteroatoms. The van der Waals surface area contributed by atoms with Crippen molar-refractivity contribution in [2.45, 2.75) is 96.6 Å². The second-order valence-corrected chi connectivity index (χ2v) is 15.7. The molecule has 1 aromatic carbocycles. The maximum absolute atomic E-state index is 13.3. The van der Waals surface area contributed by atoms with E-state index in [-0.39, 0.29) is 17.8 Å². The van der Waals surface area contributed by atoms with Crippen molar-refractivity contribution in [2.75, 3.05) is 43.6 Å². The minimum atomic E-state index is -3.49. The predicted molar refractivity (Wildman–Crippen MR) is 183 cm³/mol. The lowest BCUT2D eigenvalue weighted by Crippen LogP contribution is -2.43. The number of anilines is 3. The lowest BCUT2D eigenvalue weighted by molar-refractivity contribution is 0.100. The molecule has 2 aliphatic carbocycles. The number of hydrazine groups is 1. The highest BCUT2D eigenvalue weighted by Gasteiger charge is 2.40. The molecule has 0 amide bonds. The molecule has 248 valence electrons. The van der Waals surface area contributed by atoms with E-state index in [0.717, 1.165) is 37.4 Å². The fraction of sp³-hybridized carbons (Fsp3) is 0.636. The summed E-state index contributed by atoms with van der Waals surface area (Å²) >= 11 is 6.54. The van der Waals surface area contributed by atoms with Gasteiger partial charge in [0.05, 0.1) is 29.4 Å². The summed E-state index contributed by atoms with van der Waals surface area (Å²) in [5.41, 5.74) is 3.88. The summed E-state index contributed by atoms with van der Waals surface area (Å²) in [6.07, 6.45) is 10.4. The van der Waals surface area contributed by atoms with Crippen LogP contribution in [0.25, 0.3) is 0 Å². The average Bonchev–Trinajstić information content (AvgIpc) is 3.75. The average molecular weight is 660 g/mol. The molecule has 45 heavy (non-hydrogen) atoms. The lowest BCUT2D eigenvalue weighted by Gasteiger charge is -2.36. The van der Waals surface area contributed by atoms with Crippen LogP contribution in [0.15, 0.2) is 30.2 Å². The first-order valence-electron chi connectivity index (χ1n) is 16.4. The molecule has 2 saturated carbocycles. The number of hydrogen-bond acceptors (Lipinski definition) is 10. The van der Waals surface area contributed by atoms with Gasteiger partial charge in [-0.2, -0.15) is 4.98 Å². The number of hydrogen-bond donors (Lipinski definition) is 2. The molecule has 2 N–H and O–H groups in total. The maximum Gasteiger partial charge on any atom is 0.229 e. The van der Waals surface area contributed by atoms with E-state index in [9.17, 15) is 8.42 Å². The molecular weight excluding hydrogens is 610 g/mol. The van der Waals surface area contributed by atoms with Crippen LogP contribution in [0.2, 0.25) is 5.02 Å². The summed E-state index contributed by atoms with van der Waals surface area (Å²) in [4.78, 5) is 11.7. The van der Waals surface area contributed by atoms with Gasteiger partial charge >= 0.3 is 0 Å². The van der Waals surface area contributed by atoms with Crippen LogP contribution in [-0.2, 0) is 9.84 Å². The zero-order chi connectivity index (χ0) is 32.5. The summed E-state index contributed by atoms with van der Waals surface area (Å²) < 4.78 is 33.1. The van der Waals surface area contributed by atoms with Crippen LogP contribution in [0.4, 0.5) is 17.5 Å². The lowest BCUT2D eigenvalue weighted by atomic mass is 9.79. The molecule has 0 bridgehead atoms. The van der Waals surface area contributed by atoms with Gasteiger partial charge in [-0.1, -0.05) is 39.3 Å². The first-order valence-corrected chi connectivity index (χ1v) is 18.5. The van der Waals surface area contributed by atoms with Gasteiger partial charge in [-0.05, 0) is 93.6 Å². The quantitative estimate of drug-likeness (QED) is 0.247. The molecule has 5 rings (SSSR count). The second-order valence-electron chi connectivity index (χ2n) is 13.2. The van der Waals surface area contributed by atoms with Crippen molar-refractivity contribution in [2.24, 2.45) is 5.92 Å². The minimum absolute atomic E-state index is 0.00148. The number of nitrogens with zero attached hydrogens (tertiary/aromatic N) is 5. The molecular formula is C33H50ClN7O3S. The van der Waals surface area contributed by atoms with E-state index < -0.39 is 15.2 Å². The fourth-order valence-corrected chi connectivity index (χ4v) is 9.14. The molecule has 3 aliphatic rings. The zero-order valence-corrected chi connectivity index (χ0v) is 29.4. The number of sulfone groups is 1. The number of nitrogens with one attached hydrogen (secondary N) is 2. The van der Waals surface area contributed by atoms with Crippen molar-refractivity contribution in [3.05, 3.63) is 46.4 Å². The molecule has 2 fully saturated rings. The molecule has 10 nitrogen and oxygen atoms in total. The summed E-state index contributed by atoms with van der Waals surface area (Å²) in [5, 5.41) is 9.45. The first kappa shape index (κ1) is 33.8. The Kier molecular flexibility index (Phi) is 10.5. The van der Waals surface area contributed by atoms with Crippen molar-refractivity contribution in [3.63, 3.8) is 0 Å². The third-order valence-electron chi connectivity index (χ3n) is 9.24. The fourth-order valence-electron chi connectivity index (χ4n) is 6.77. The van der Waals surface area contributed by atoms with E-state index in [1.165, 1.54) is 43.0 Å². The Morgan fingerprint density at radius 3 is 2.38 bits per heavy atom. The van der Waals surface area contributed by atoms with Crippen LogP contribution in [0.3, 0.4) is 0 Å². The molecule has 0 radical (unpaired) electrons. The summed E-state index contributed by atoms with van der Waals surface area (Å²) in [6, 6.07) is 5.05. The van der Waals surface area contributed by atoms with Gasteiger partial charge in [0.15, 0.2) is 21.0 Å². The van der Waals surface area contributed by atoms with Gasteiger partial charge in [0.1, 0.15) is 10.8 Å². The van der Waals surface area contributed by atoms with Gasteiger partial charge in [0.2, 0.25) is 5.95 Å².